The molecule has 3 heteroatoms. The topological polar surface area (TPSA) is 50.1 Å². The fraction of sp³-hybridized carbons (Fsp3) is 0.273. The summed E-state index contributed by atoms with van der Waals surface area (Å²) in [5.41, 5.74) is 1.55. The van der Waals surface area contributed by atoms with Crippen LogP contribution in [0.1, 0.15) is 22.8 Å². The summed E-state index contributed by atoms with van der Waals surface area (Å²) in [4.78, 5) is 11.4. The van der Waals surface area contributed by atoms with Gasteiger partial charge >= 0.3 is 5.97 Å². The van der Waals surface area contributed by atoms with E-state index in [4.69, 9.17) is 10.00 Å². The summed E-state index contributed by atoms with van der Waals surface area (Å²) in [6.45, 7) is 3.47. The number of hydrogen-bond acceptors (Lipinski definition) is 3. The first-order chi connectivity index (χ1) is 6.63. The second-order valence-corrected chi connectivity index (χ2v) is 3.04. The summed E-state index contributed by atoms with van der Waals surface area (Å²) in [6, 6.07) is 8.85. The number of carbonyl (C=O) groups is 1. The zero-order valence-corrected chi connectivity index (χ0v) is 8.15. The van der Waals surface area contributed by atoms with E-state index in [9.17, 15) is 4.79 Å². The van der Waals surface area contributed by atoms with Gasteiger partial charge in [-0.2, -0.15) is 5.26 Å². The van der Waals surface area contributed by atoms with Gasteiger partial charge in [-0.25, -0.2) is 4.79 Å². The molecule has 0 heterocycles. The van der Waals surface area contributed by atoms with Gasteiger partial charge in [-0.15, -0.1) is 0 Å². The first-order valence-corrected chi connectivity index (χ1v) is 4.30. The van der Waals surface area contributed by atoms with Gasteiger partial charge < -0.3 is 4.74 Å². The molecule has 0 radical (unpaired) electrons. The van der Waals surface area contributed by atoms with Gasteiger partial charge in [0.2, 0.25) is 0 Å². The summed E-state index contributed by atoms with van der Waals surface area (Å²) < 4.78 is 4.83. The fourth-order valence-electron chi connectivity index (χ4n) is 0.945. The quantitative estimate of drug-likeness (QED) is 0.669. The maximum absolute atomic E-state index is 11.4. The van der Waals surface area contributed by atoms with Gasteiger partial charge in [0.1, 0.15) is 6.07 Å². The number of ether oxygens (including phenoxy) is 1. The van der Waals surface area contributed by atoms with Crippen LogP contribution in [0.3, 0.4) is 0 Å². The van der Waals surface area contributed by atoms with Crippen LogP contribution in [0.2, 0.25) is 0 Å². The van der Waals surface area contributed by atoms with E-state index in [2.05, 4.69) is 0 Å². The van der Waals surface area contributed by atoms with Crippen molar-refractivity contribution in [3.63, 3.8) is 0 Å². The van der Waals surface area contributed by atoms with Crippen molar-refractivity contribution >= 4 is 5.97 Å². The van der Waals surface area contributed by atoms with Crippen LogP contribution in [0.15, 0.2) is 24.3 Å². The van der Waals surface area contributed by atoms with Crippen molar-refractivity contribution in [3.8, 4) is 6.07 Å². The first kappa shape index (κ1) is 10.3. The highest BCUT2D eigenvalue weighted by molar-refractivity contribution is 5.89. The Labute approximate surface area is 82.9 Å². The average molecular weight is 189 g/mol. The lowest BCUT2D eigenvalue weighted by molar-refractivity contribution is 0.0435. The SMILES string of the molecule is Cc1ccc(C(=O)O[C@@H](C)C#N)cc1. The molecule has 1 rings (SSSR count). The maximum Gasteiger partial charge on any atom is 0.339 e. The minimum Gasteiger partial charge on any atom is -0.444 e. The summed E-state index contributed by atoms with van der Waals surface area (Å²) >= 11 is 0. The Kier molecular flexibility index (Phi) is 3.24. The molecule has 0 aliphatic heterocycles. The highest BCUT2D eigenvalue weighted by Crippen LogP contribution is 2.06. The molecule has 1 aromatic rings. The van der Waals surface area contributed by atoms with Gasteiger partial charge in [-0.1, -0.05) is 17.7 Å². The molecular weight excluding hydrogens is 178 g/mol. The Morgan fingerprint density at radius 3 is 2.50 bits per heavy atom. The van der Waals surface area contributed by atoms with E-state index < -0.39 is 12.1 Å². The maximum atomic E-state index is 11.4. The molecule has 72 valence electrons. The lowest BCUT2D eigenvalue weighted by atomic mass is 10.1. The second kappa shape index (κ2) is 4.43. The third kappa shape index (κ3) is 2.60. The number of aryl methyl sites for hydroxylation is 1. The van der Waals surface area contributed by atoms with E-state index >= 15 is 0 Å². The van der Waals surface area contributed by atoms with Crippen molar-refractivity contribution in [2.24, 2.45) is 0 Å². The highest BCUT2D eigenvalue weighted by atomic mass is 16.5. The first-order valence-electron chi connectivity index (χ1n) is 4.30. The Morgan fingerprint density at radius 2 is 2.00 bits per heavy atom. The van der Waals surface area contributed by atoms with Crippen LogP contribution < -0.4 is 0 Å². The molecule has 1 aromatic carbocycles. The number of nitrogens with zero attached hydrogens (tertiary/aromatic N) is 1. The van der Waals surface area contributed by atoms with Gasteiger partial charge in [-0.3, -0.25) is 0 Å². The summed E-state index contributed by atoms with van der Waals surface area (Å²) in [5.74, 6) is -0.459. The third-order valence-corrected chi connectivity index (χ3v) is 1.75. The van der Waals surface area contributed by atoms with Crippen molar-refractivity contribution in [2.45, 2.75) is 20.0 Å². The molecule has 0 saturated heterocycles. The fourth-order valence-corrected chi connectivity index (χ4v) is 0.945. The summed E-state index contributed by atoms with van der Waals surface area (Å²) in [5, 5.41) is 8.45. The van der Waals surface area contributed by atoms with E-state index in [0.717, 1.165) is 5.56 Å². The molecule has 0 aromatic heterocycles. The molecule has 0 N–H and O–H groups in total. The van der Waals surface area contributed by atoms with Gasteiger partial charge in [0.05, 0.1) is 5.56 Å². The molecule has 3 nitrogen and oxygen atoms in total. The van der Waals surface area contributed by atoms with E-state index in [-0.39, 0.29) is 0 Å². The van der Waals surface area contributed by atoms with Crippen LogP contribution in [0.5, 0.6) is 0 Å². The Balaban J connectivity index is 2.71. The number of hydrogen-bond donors (Lipinski definition) is 0. The van der Waals surface area contributed by atoms with Crippen LogP contribution in [-0.4, -0.2) is 12.1 Å². The number of benzene rings is 1. The van der Waals surface area contributed by atoms with Crippen LogP contribution in [0.4, 0.5) is 0 Å². The van der Waals surface area contributed by atoms with Crippen molar-refractivity contribution in [1.82, 2.24) is 0 Å². The minimum absolute atomic E-state index is 0.459. The Hall–Kier alpha value is -1.82. The highest BCUT2D eigenvalue weighted by Gasteiger charge is 2.10. The smallest absolute Gasteiger partial charge is 0.339 e. The minimum atomic E-state index is -0.705. The molecule has 14 heavy (non-hydrogen) atoms. The van der Waals surface area contributed by atoms with Crippen molar-refractivity contribution in [2.75, 3.05) is 0 Å². The molecule has 0 unspecified atom stereocenters. The van der Waals surface area contributed by atoms with Gasteiger partial charge in [0, 0.05) is 0 Å². The number of rotatable bonds is 2. The number of esters is 1. The van der Waals surface area contributed by atoms with Crippen molar-refractivity contribution < 1.29 is 9.53 Å². The summed E-state index contributed by atoms with van der Waals surface area (Å²) in [6.07, 6.45) is -0.705. The molecule has 0 spiro atoms. The summed E-state index contributed by atoms with van der Waals surface area (Å²) in [7, 11) is 0. The number of nitriles is 1. The van der Waals surface area contributed by atoms with Gasteiger partial charge in [0.15, 0.2) is 6.10 Å². The normalized spacial score (nSPS) is 11.5. The van der Waals surface area contributed by atoms with Crippen molar-refractivity contribution in [3.05, 3.63) is 35.4 Å². The largest absolute Gasteiger partial charge is 0.444 e. The molecule has 0 aliphatic rings. The molecule has 0 amide bonds. The molecule has 0 aliphatic carbocycles. The zero-order chi connectivity index (χ0) is 10.6. The lowest BCUT2D eigenvalue weighted by Crippen LogP contribution is -2.12. The van der Waals surface area contributed by atoms with E-state index in [1.54, 1.807) is 12.1 Å². The molecular formula is C11H11NO2. The molecule has 0 bridgehead atoms. The van der Waals surface area contributed by atoms with Gasteiger partial charge in [0.25, 0.3) is 0 Å². The zero-order valence-electron chi connectivity index (χ0n) is 8.15. The predicted octanol–water partition coefficient (Wildman–Crippen LogP) is 2.06. The van der Waals surface area contributed by atoms with Crippen LogP contribution >= 0.6 is 0 Å². The standard InChI is InChI=1S/C11H11NO2/c1-8-3-5-10(6-4-8)11(13)14-9(2)7-12/h3-6,9H,1-2H3/t9-/m0/s1. The average Bonchev–Trinajstić information content (AvgIpc) is 2.18. The monoisotopic (exact) mass is 189 g/mol. The third-order valence-electron chi connectivity index (χ3n) is 1.75. The molecule has 0 fully saturated rings. The van der Waals surface area contributed by atoms with Crippen LogP contribution in [0.25, 0.3) is 0 Å². The van der Waals surface area contributed by atoms with Crippen LogP contribution in [0, 0.1) is 18.3 Å². The predicted molar refractivity (Wildman–Crippen MR) is 51.7 cm³/mol. The Bertz CT molecular complexity index is 362. The number of carbonyl (C=O) groups excluding carboxylic acids is 1. The lowest BCUT2D eigenvalue weighted by Gasteiger charge is -2.05. The van der Waals surface area contributed by atoms with Crippen LogP contribution in [-0.2, 0) is 4.74 Å². The van der Waals surface area contributed by atoms with E-state index in [1.165, 1.54) is 6.92 Å². The van der Waals surface area contributed by atoms with E-state index in [1.807, 2.05) is 25.1 Å². The molecule has 1 atom stereocenters. The van der Waals surface area contributed by atoms with E-state index in [0.29, 0.717) is 5.56 Å². The Morgan fingerprint density at radius 1 is 1.43 bits per heavy atom. The van der Waals surface area contributed by atoms with Crippen molar-refractivity contribution in [1.29, 1.82) is 5.26 Å². The van der Waals surface area contributed by atoms with Gasteiger partial charge in [-0.05, 0) is 26.0 Å². The molecule has 0 saturated carbocycles. The second-order valence-electron chi connectivity index (χ2n) is 3.04.